The van der Waals surface area contributed by atoms with Gasteiger partial charge in [0.1, 0.15) is 6.04 Å². The fraction of sp³-hybridized carbons (Fsp3) is 0.400. The number of alkyl halides is 3. The van der Waals surface area contributed by atoms with Crippen LogP contribution in [0.1, 0.15) is 17.5 Å². The Morgan fingerprint density at radius 2 is 1.86 bits per heavy atom. The van der Waals surface area contributed by atoms with Gasteiger partial charge in [0.2, 0.25) is 0 Å². The summed E-state index contributed by atoms with van der Waals surface area (Å²) in [5, 5.41) is 3.71. The number of rotatable bonds is 6. The maximum absolute atomic E-state index is 13.3. The Bertz CT molecular complexity index is 1260. The number of methoxy groups -OCH3 is 2. The maximum Gasteiger partial charge on any atom is 0.416 e. The fourth-order valence-electron chi connectivity index (χ4n) is 5.40. The first-order valence-corrected chi connectivity index (χ1v) is 12.1. The van der Waals surface area contributed by atoms with Crippen LogP contribution in [0.5, 0.6) is 11.5 Å². The minimum absolute atomic E-state index is 0.0826. The number of imide groups is 1. The van der Waals surface area contributed by atoms with Gasteiger partial charge < -0.3 is 24.6 Å². The van der Waals surface area contributed by atoms with Crippen LogP contribution in [0.2, 0.25) is 0 Å². The van der Waals surface area contributed by atoms with E-state index < -0.39 is 29.7 Å². The Balaban J connectivity index is 1.25. The summed E-state index contributed by atoms with van der Waals surface area (Å²) in [5.74, 6) is 0.742. The van der Waals surface area contributed by atoms with Crippen molar-refractivity contribution in [1.29, 1.82) is 0 Å². The van der Waals surface area contributed by atoms with Gasteiger partial charge in [-0.1, -0.05) is 12.1 Å². The first-order chi connectivity index (χ1) is 17.6. The van der Waals surface area contributed by atoms with Crippen LogP contribution in [0.25, 0.3) is 0 Å². The summed E-state index contributed by atoms with van der Waals surface area (Å²) in [6.45, 7) is 0.999. The summed E-state index contributed by atoms with van der Waals surface area (Å²) in [5.41, 5.74) is 0.0262. The molecule has 12 heteroatoms. The molecule has 2 aromatic rings. The lowest BCUT2D eigenvalue weighted by Gasteiger charge is -2.36. The Labute approximate surface area is 216 Å². The zero-order valence-electron chi connectivity index (χ0n) is 20.1. The molecule has 2 bridgehead atoms. The summed E-state index contributed by atoms with van der Waals surface area (Å²) in [6.07, 6.45) is -3.34. The van der Waals surface area contributed by atoms with E-state index in [0.717, 1.165) is 22.6 Å². The van der Waals surface area contributed by atoms with Crippen LogP contribution in [0.4, 0.5) is 23.7 Å². The number of fused-ring (bicyclic) bond motifs is 5. The van der Waals surface area contributed by atoms with Crippen molar-refractivity contribution in [2.75, 3.05) is 32.2 Å². The van der Waals surface area contributed by atoms with E-state index in [2.05, 4.69) is 5.32 Å². The summed E-state index contributed by atoms with van der Waals surface area (Å²) in [7, 11) is 3.15. The topological polar surface area (TPSA) is 74.4 Å². The summed E-state index contributed by atoms with van der Waals surface area (Å²) < 4.78 is 50.2. The van der Waals surface area contributed by atoms with Gasteiger partial charge in [-0.05, 0) is 61.0 Å². The van der Waals surface area contributed by atoms with Crippen LogP contribution in [-0.2, 0) is 17.4 Å². The molecule has 3 aliphatic rings. The predicted molar refractivity (Wildman–Crippen MR) is 133 cm³/mol. The smallest absolute Gasteiger partial charge is 0.416 e. The molecule has 3 fully saturated rings. The largest absolute Gasteiger partial charge is 0.493 e. The van der Waals surface area contributed by atoms with Crippen molar-refractivity contribution < 1.29 is 32.2 Å². The Hall–Kier alpha value is -3.54. The molecule has 0 aromatic heterocycles. The van der Waals surface area contributed by atoms with E-state index in [1.54, 1.807) is 14.2 Å². The van der Waals surface area contributed by atoms with Crippen molar-refractivity contribution in [1.82, 2.24) is 15.1 Å². The number of piperazine rings is 1. The molecule has 0 spiro atoms. The molecule has 3 amide bonds. The first kappa shape index (κ1) is 25.1. The lowest BCUT2D eigenvalue weighted by Crippen LogP contribution is -2.57. The van der Waals surface area contributed by atoms with Crippen LogP contribution in [0.15, 0.2) is 42.5 Å². The molecule has 0 saturated carbocycles. The molecule has 5 rings (SSSR count). The zero-order chi connectivity index (χ0) is 26.5. The molecule has 3 atom stereocenters. The third kappa shape index (κ3) is 4.32. The summed E-state index contributed by atoms with van der Waals surface area (Å²) in [4.78, 5) is 30.7. The van der Waals surface area contributed by atoms with E-state index in [1.807, 2.05) is 23.1 Å². The minimum Gasteiger partial charge on any atom is -0.493 e. The number of thiocarbonyl (C=S) groups is 1. The highest BCUT2D eigenvalue weighted by Crippen LogP contribution is 2.43. The van der Waals surface area contributed by atoms with Gasteiger partial charge in [-0.25, -0.2) is 9.69 Å². The first-order valence-electron chi connectivity index (χ1n) is 11.7. The third-order valence-corrected chi connectivity index (χ3v) is 7.47. The third-order valence-electron chi connectivity index (χ3n) is 7.09. The second-order valence-corrected chi connectivity index (χ2v) is 9.52. The minimum atomic E-state index is -4.58. The van der Waals surface area contributed by atoms with E-state index in [-0.39, 0.29) is 17.8 Å². The van der Waals surface area contributed by atoms with E-state index >= 15 is 0 Å². The number of benzene rings is 2. The lowest BCUT2D eigenvalue weighted by atomic mass is 10.1. The second kappa shape index (κ2) is 9.40. The van der Waals surface area contributed by atoms with Crippen LogP contribution in [0, 0.1) is 0 Å². The standard InChI is InChI=1S/C25H25F3N4O4S/c1-35-19-7-6-14(10-20(19)36-2)8-9-29-23(37)30-13-17-12-18(30)21-22(33)32(24(34)31(17)21)16-5-3-4-15(11-16)25(26,27)28/h3-7,10-11,17-18,21H,8-9,12-13H2,1-2H3,(H,29,37)/t17-,18-,21-/m0/s1. The number of halogens is 3. The number of anilines is 1. The number of hydrogen-bond acceptors (Lipinski definition) is 5. The number of amides is 3. The summed E-state index contributed by atoms with van der Waals surface area (Å²) >= 11 is 5.61. The van der Waals surface area contributed by atoms with E-state index in [9.17, 15) is 22.8 Å². The molecule has 2 aromatic carbocycles. The van der Waals surface area contributed by atoms with Crippen LogP contribution >= 0.6 is 12.2 Å². The van der Waals surface area contributed by atoms with Crippen molar-refractivity contribution in [3.63, 3.8) is 0 Å². The number of carbonyl (C=O) groups excluding carboxylic acids is 2. The molecule has 3 heterocycles. The predicted octanol–water partition coefficient (Wildman–Crippen LogP) is 3.43. The second-order valence-electron chi connectivity index (χ2n) is 9.14. The van der Waals surface area contributed by atoms with Gasteiger partial charge in [0.05, 0.1) is 37.6 Å². The molecule has 3 aliphatic heterocycles. The van der Waals surface area contributed by atoms with Gasteiger partial charge in [0, 0.05) is 13.1 Å². The number of nitrogens with one attached hydrogen (secondary N) is 1. The molecular formula is C25H25F3N4O4S. The number of ether oxygens (including phenoxy) is 2. The van der Waals surface area contributed by atoms with Crippen molar-refractivity contribution in [2.24, 2.45) is 0 Å². The average Bonchev–Trinajstić information content (AvgIpc) is 3.54. The van der Waals surface area contributed by atoms with E-state index in [4.69, 9.17) is 21.7 Å². The van der Waals surface area contributed by atoms with Crippen LogP contribution in [-0.4, -0.2) is 72.3 Å². The van der Waals surface area contributed by atoms with Gasteiger partial charge in [0.25, 0.3) is 5.91 Å². The number of likely N-dealkylation sites (tertiary alicyclic amines) is 1. The van der Waals surface area contributed by atoms with Crippen molar-refractivity contribution >= 4 is 35.0 Å². The van der Waals surface area contributed by atoms with Crippen molar-refractivity contribution in [3.05, 3.63) is 53.6 Å². The average molecular weight is 535 g/mol. The summed E-state index contributed by atoms with van der Waals surface area (Å²) in [6, 6.07) is 7.99. The molecule has 196 valence electrons. The Morgan fingerprint density at radius 3 is 2.57 bits per heavy atom. The monoisotopic (exact) mass is 534 g/mol. The van der Waals surface area contributed by atoms with E-state index in [1.165, 1.54) is 17.0 Å². The zero-order valence-corrected chi connectivity index (χ0v) is 20.9. The van der Waals surface area contributed by atoms with Crippen molar-refractivity contribution in [2.45, 2.75) is 37.1 Å². The highest BCUT2D eigenvalue weighted by atomic mass is 32.1. The molecule has 37 heavy (non-hydrogen) atoms. The van der Waals surface area contributed by atoms with Gasteiger partial charge in [-0.3, -0.25) is 4.79 Å². The maximum atomic E-state index is 13.3. The fourth-order valence-corrected chi connectivity index (χ4v) is 5.71. The van der Waals surface area contributed by atoms with Gasteiger partial charge in [-0.2, -0.15) is 13.2 Å². The SMILES string of the molecule is COc1ccc(CCNC(=S)N2C[C@@H]3C[C@H]2[C@H]2C(=O)N(c4cccc(C(F)(F)F)c4)C(=O)N32)cc1OC. The highest BCUT2D eigenvalue weighted by molar-refractivity contribution is 7.80. The van der Waals surface area contributed by atoms with Crippen molar-refractivity contribution in [3.8, 4) is 11.5 Å². The molecule has 0 unspecified atom stereocenters. The quantitative estimate of drug-likeness (QED) is 0.450. The lowest BCUT2D eigenvalue weighted by molar-refractivity contribution is -0.137. The molecule has 1 N–H and O–H groups in total. The van der Waals surface area contributed by atoms with Crippen LogP contribution in [0.3, 0.4) is 0 Å². The number of carbonyl (C=O) groups is 2. The number of hydrogen-bond donors (Lipinski definition) is 1. The Morgan fingerprint density at radius 1 is 1.11 bits per heavy atom. The number of urea groups is 1. The molecule has 3 saturated heterocycles. The van der Waals surface area contributed by atoms with Gasteiger partial charge in [-0.15, -0.1) is 0 Å². The molecule has 8 nitrogen and oxygen atoms in total. The highest BCUT2D eigenvalue weighted by Gasteiger charge is 2.62. The Kier molecular flexibility index (Phi) is 6.38. The van der Waals surface area contributed by atoms with Gasteiger partial charge >= 0.3 is 12.2 Å². The molecular weight excluding hydrogens is 509 g/mol. The molecule has 0 radical (unpaired) electrons. The van der Waals surface area contributed by atoms with E-state index in [0.29, 0.717) is 42.5 Å². The number of nitrogens with zero attached hydrogens (tertiary/aromatic N) is 3. The molecule has 0 aliphatic carbocycles. The normalized spacial score (nSPS) is 22.5. The van der Waals surface area contributed by atoms with Crippen LogP contribution < -0.4 is 19.7 Å². The van der Waals surface area contributed by atoms with Gasteiger partial charge in [0.15, 0.2) is 16.6 Å².